The Hall–Kier alpha value is -1.89. The van der Waals surface area contributed by atoms with Crippen LogP contribution in [0.3, 0.4) is 0 Å². The van der Waals surface area contributed by atoms with Crippen LogP contribution in [0.2, 0.25) is 5.02 Å². The van der Waals surface area contributed by atoms with E-state index in [4.69, 9.17) is 11.6 Å². The molecule has 5 nitrogen and oxygen atoms in total. The minimum absolute atomic E-state index is 0.0243. The normalized spacial score (nSPS) is 16.1. The Kier molecular flexibility index (Phi) is 5.42. The molecule has 0 unspecified atom stereocenters. The molecule has 1 heterocycles. The number of hydrogen-bond donors (Lipinski definition) is 3. The molecule has 2 aromatic rings. The summed E-state index contributed by atoms with van der Waals surface area (Å²) in [6.45, 7) is 0.195. The number of carbonyl (C=O) groups is 2. The maximum Gasteiger partial charge on any atom is 0.309 e. The molecule has 3 rings (SSSR count). The molecule has 0 spiro atoms. The van der Waals surface area contributed by atoms with Gasteiger partial charge in [0.25, 0.3) is 0 Å². The molecule has 1 aromatic heterocycles. The fourth-order valence-corrected chi connectivity index (χ4v) is 3.82. The smallest absolute Gasteiger partial charge is 0.309 e. The number of aliphatic hydroxyl groups is 1. The van der Waals surface area contributed by atoms with E-state index in [0.717, 1.165) is 23.3 Å². The van der Waals surface area contributed by atoms with Crippen molar-refractivity contribution in [3.8, 4) is 0 Å². The van der Waals surface area contributed by atoms with Crippen molar-refractivity contribution in [1.82, 2.24) is 10.6 Å². The lowest BCUT2D eigenvalue weighted by Crippen LogP contribution is -2.47. The predicted octanol–water partition coefficient (Wildman–Crippen LogP) is 2.43. The van der Waals surface area contributed by atoms with E-state index >= 15 is 0 Å². The molecule has 1 atom stereocenters. The van der Waals surface area contributed by atoms with E-state index in [0.29, 0.717) is 5.02 Å². The average Bonchev–Trinajstić information content (AvgIpc) is 3.33. The van der Waals surface area contributed by atoms with Gasteiger partial charge < -0.3 is 15.7 Å². The van der Waals surface area contributed by atoms with Crippen molar-refractivity contribution in [2.24, 2.45) is 5.92 Å². The van der Waals surface area contributed by atoms with Crippen LogP contribution in [-0.4, -0.2) is 23.5 Å². The van der Waals surface area contributed by atoms with Gasteiger partial charge in [-0.3, -0.25) is 9.59 Å². The molecular weight excluding hydrogens is 360 g/mol. The van der Waals surface area contributed by atoms with Crippen LogP contribution in [0.5, 0.6) is 0 Å². The Morgan fingerprint density at radius 1 is 1.16 bits per heavy atom. The topological polar surface area (TPSA) is 78.4 Å². The van der Waals surface area contributed by atoms with Crippen LogP contribution in [-0.2, 0) is 21.7 Å². The van der Waals surface area contributed by atoms with E-state index in [9.17, 15) is 14.7 Å². The number of amides is 2. The first-order valence-corrected chi connectivity index (χ1v) is 9.32. The van der Waals surface area contributed by atoms with Crippen LogP contribution in [0, 0.1) is 5.92 Å². The standard InChI is InChI=1S/C18H19ClN2O3S/c19-14-5-2-1-4-12(14)10-20-16(22)17(23)21-11-18(24,13-7-8-13)15-6-3-9-25-15/h1-6,9,13,24H,7-8,10-11H2,(H,20,22)(H,21,23)/t18-/m1/s1. The Labute approximate surface area is 155 Å². The summed E-state index contributed by atoms with van der Waals surface area (Å²) >= 11 is 7.47. The highest BCUT2D eigenvalue weighted by molar-refractivity contribution is 7.10. The lowest BCUT2D eigenvalue weighted by Gasteiger charge is -2.27. The van der Waals surface area contributed by atoms with Gasteiger partial charge in [0.15, 0.2) is 0 Å². The van der Waals surface area contributed by atoms with Crippen molar-refractivity contribution in [3.05, 3.63) is 57.2 Å². The molecule has 1 fully saturated rings. The minimum Gasteiger partial charge on any atom is -0.382 e. The third-order valence-corrected chi connectivity index (χ3v) is 5.73. The second-order valence-electron chi connectivity index (χ2n) is 6.13. The quantitative estimate of drug-likeness (QED) is 0.675. The number of rotatable bonds is 6. The number of carbonyl (C=O) groups excluding carboxylic acids is 2. The van der Waals surface area contributed by atoms with E-state index in [1.54, 1.807) is 18.2 Å². The summed E-state index contributed by atoms with van der Waals surface area (Å²) in [5, 5.41) is 18.5. The zero-order chi connectivity index (χ0) is 17.9. The Bertz CT molecular complexity index is 761. The van der Waals surface area contributed by atoms with Crippen molar-refractivity contribution >= 4 is 34.8 Å². The van der Waals surface area contributed by atoms with Gasteiger partial charge in [0.2, 0.25) is 0 Å². The second kappa shape index (κ2) is 7.56. The summed E-state index contributed by atoms with van der Waals surface area (Å²) in [6.07, 6.45) is 1.84. The van der Waals surface area contributed by atoms with Crippen LogP contribution >= 0.6 is 22.9 Å². The maximum atomic E-state index is 12.0. The molecule has 3 N–H and O–H groups in total. The Morgan fingerprint density at radius 2 is 1.88 bits per heavy atom. The molecule has 0 radical (unpaired) electrons. The summed E-state index contributed by atoms with van der Waals surface area (Å²) < 4.78 is 0. The van der Waals surface area contributed by atoms with Gasteiger partial charge in [-0.2, -0.15) is 0 Å². The van der Waals surface area contributed by atoms with Crippen molar-refractivity contribution < 1.29 is 14.7 Å². The van der Waals surface area contributed by atoms with E-state index in [-0.39, 0.29) is 19.0 Å². The second-order valence-corrected chi connectivity index (χ2v) is 7.49. The molecule has 132 valence electrons. The van der Waals surface area contributed by atoms with Gasteiger partial charge in [0.1, 0.15) is 5.60 Å². The molecule has 1 aliphatic carbocycles. The van der Waals surface area contributed by atoms with Gasteiger partial charge in [-0.25, -0.2) is 0 Å². The van der Waals surface area contributed by atoms with E-state index < -0.39 is 17.4 Å². The lowest BCUT2D eigenvalue weighted by atomic mass is 9.95. The number of halogens is 1. The molecule has 1 aromatic carbocycles. The van der Waals surface area contributed by atoms with Gasteiger partial charge in [-0.15, -0.1) is 11.3 Å². The first kappa shape index (κ1) is 17.9. The number of thiophene rings is 1. The van der Waals surface area contributed by atoms with Crippen LogP contribution in [0.15, 0.2) is 41.8 Å². The van der Waals surface area contributed by atoms with Crippen LogP contribution in [0.25, 0.3) is 0 Å². The van der Waals surface area contributed by atoms with Crippen molar-refractivity contribution in [3.63, 3.8) is 0 Å². The number of benzene rings is 1. The molecular formula is C18H19ClN2O3S. The summed E-state index contributed by atoms with van der Waals surface area (Å²) in [5.41, 5.74) is -0.370. The molecule has 25 heavy (non-hydrogen) atoms. The van der Waals surface area contributed by atoms with E-state index in [1.165, 1.54) is 11.3 Å². The van der Waals surface area contributed by atoms with E-state index in [1.807, 2.05) is 23.6 Å². The number of hydrogen-bond acceptors (Lipinski definition) is 4. The van der Waals surface area contributed by atoms with Gasteiger partial charge >= 0.3 is 11.8 Å². The maximum absolute atomic E-state index is 12.0. The highest BCUT2D eigenvalue weighted by atomic mass is 35.5. The van der Waals surface area contributed by atoms with Crippen LogP contribution in [0.4, 0.5) is 0 Å². The summed E-state index contributed by atoms with van der Waals surface area (Å²) in [4.78, 5) is 24.8. The van der Waals surface area contributed by atoms with Gasteiger partial charge in [-0.1, -0.05) is 35.9 Å². The third kappa shape index (κ3) is 4.21. The molecule has 0 saturated heterocycles. The van der Waals surface area contributed by atoms with Gasteiger partial charge in [0, 0.05) is 16.4 Å². The summed E-state index contributed by atoms with van der Waals surface area (Å²) in [7, 11) is 0. The molecule has 0 bridgehead atoms. The fourth-order valence-electron chi connectivity index (χ4n) is 2.71. The Balaban J connectivity index is 1.54. The lowest BCUT2D eigenvalue weighted by molar-refractivity contribution is -0.140. The first-order valence-electron chi connectivity index (χ1n) is 8.06. The fraction of sp³-hybridized carbons (Fsp3) is 0.333. The average molecular weight is 379 g/mol. The molecule has 2 amide bonds. The van der Waals surface area contributed by atoms with Gasteiger partial charge in [0.05, 0.1) is 6.54 Å². The monoisotopic (exact) mass is 378 g/mol. The zero-order valence-electron chi connectivity index (χ0n) is 13.5. The van der Waals surface area contributed by atoms with Crippen molar-refractivity contribution in [2.75, 3.05) is 6.54 Å². The molecule has 0 aliphatic heterocycles. The van der Waals surface area contributed by atoms with Crippen molar-refractivity contribution in [2.45, 2.75) is 25.0 Å². The third-order valence-electron chi connectivity index (χ3n) is 4.32. The molecule has 1 saturated carbocycles. The molecule has 7 heteroatoms. The largest absolute Gasteiger partial charge is 0.382 e. The van der Waals surface area contributed by atoms with Crippen LogP contribution in [0.1, 0.15) is 23.3 Å². The number of nitrogens with one attached hydrogen (secondary N) is 2. The van der Waals surface area contributed by atoms with Crippen molar-refractivity contribution in [1.29, 1.82) is 0 Å². The predicted molar refractivity (Wildman–Crippen MR) is 97.2 cm³/mol. The zero-order valence-corrected chi connectivity index (χ0v) is 15.1. The minimum atomic E-state index is -1.10. The van der Waals surface area contributed by atoms with Gasteiger partial charge in [-0.05, 0) is 41.8 Å². The Morgan fingerprint density at radius 3 is 2.52 bits per heavy atom. The first-order chi connectivity index (χ1) is 12.0. The highest BCUT2D eigenvalue weighted by Gasteiger charge is 2.46. The van der Waals surface area contributed by atoms with E-state index in [2.05, 4.69) is 10.6 Å². The van der Waals surface area contributed by atoms with Crippen LogP contribution < -0.4 is 10.6 Å². The molecule has 1 aliphatic rings. The summed E-state index contributed by atoms with van der Waals surface area (Å²) in [6, 6.07) is 10.8. The highest BCUT2D eigenvalue weighted by Crippen LogP contribution is 2.46. The summed E-state index contributed by atoms with van der Waals surface area (Å²) in [5.74, 6) is -1.38. The SMILES string of the molecule is O=C(NCc1ccccc1Cl)C(=O)NC[C@](O)(c1cccs1)C1CC1.